The molecule has 0 saturated heterocycles. The molecule has 2 aromatic heterocycles. The second-order valence-corrected chi connectivity index (χ2v) is 9.24. The predicted octanol–water partition coefficient (Wildman–Crippen LogP) is 5.35. The van der Waals surface area contributed by atoms with Gasteiger partial charge in [-0.1, -0.05) is 53.5 Å². The molecule has 0 bridgehead atoms. The number of halogens is 2. The number of carbonyl (C=O) groups is 1. The van der Waals surface area contributed by atoms with Gasteiger partial charge in [0.15, 0.2) is 5.43 Å². The number of nitrogens with two attached hydrogens (primary N) is 1. The number of hydrogen-bond donors (Lipinski definition) is 2. The van der Waals surface area contributed by atoms with Gasteiger partial charge in [-0.3, -0.25) is 9.59 Å². The molecule has 0 aliphatic carbocycles. The van der Waals surface area contributed by atoms with Crippen molar-refractivity contribution in [1.82, 2.24) is 9.13 Å². The fourth-order valence-electron chi connectivity index (χ4n) is 3.90. The highest BCUT2D eigenvalue weighted by atomic mass is 35.5. The first-order valence-electron chi connectivity index (χ1n) is 11.5. The number of rotatable bonds is 5. The Bertz CT molecular complexity index is 1730. The summed E-state index contributed by atoms with van der Waals surface area (Å²) >= 11 is 11.9. The van der Waals surface area contributed by atoms with E-state index in [1.54, 1.807) is 42.6 Å². The molecular formula is C29H23Cl2N3O4. The van der Waals surface area contributed by atoms with E-state index in [0.717, 1.165) is 22.8 Å². The third-order valence-corrected chi connectivity index (χ3v) is 6.25. The van der Waals surface area contributed by atoms with Crippen molar-refractivity contribution in [3.8, 4) is 5.69 Å². The molecule has 7 nitrogen and oxygen atoms in total. The Labute approximate surface area is 227 Å². The number of pyridine rings is 2. The van der Waals surface area contributed by atoms with E-state index in [1.165, 1.54) is 16.8 Å². The molecule has 2 heterocycles. The zero-order chi connectivity index (χ0) is 27.2. The third-order valence-electron chi connectivity index (χ3n) is 5.78. The number of carboxylic acid groups (broad SMARTS) is 1. The summed E-state index contributed by atoms with van der Waals surface area (Å²) in [4.78, 5) is 34.7. The summed E-state index contributed by atoms with van der Waals surface area (Å²) in [5.41, 5.74) is 8.50. The van der Waals surface area contributed by atoms with E-state index in [9.17, 15) is 14.4 Å². The first-order valence-corrected chi connectivity index (χ1v) is 12.3. The molecule has 3 N–H and O–H groups in total. The van der Waals surface area contributed by atoms with Gasteiger partial charge in [0.1, 0.15) is 0 Å². The van der Waals surface area contributed by atoms with Crippen molar-refractivity contribution >= 4 is 40.1 Å². The quantitative estimate of drug-likeness (QED) is 0.308. The standard InChI is InChI=1S/C16H13ClN2O.C13H10ClNO3/c17-12-6-7-14-15(8-12)19(10-11(9-18)16(14)20)13-4-2-1-3-5-13;14-11-3-1-2-9(6-11)8-15-5-4-10(13(17)18)7-12(15)16/h1-8,10H,9,18H2;1-7H,8H2,(H,17,18). The summed E-state index contributed by atoms with van der Waals surface area (Å²) < 4.78 is 3.38. The monoisotopic (exact) mass is 547 g/mol. The maximum atomic E-state index is 12.3. The Hall–Kier alpha value is -4.17. The number of nitrogens with zero attached hydrogens (tertiary/aromatic N) is 2. The number of hydrogen-bond acceptors (Lipinski definition) is 4. The summed E-state index contributed by atoms with van der Waals surface area (Å²) in [7, 11) is 0. The van der Waals surface area contributed by atoms with Gasteiger partial charge in [0.2, 0.25) is 0 Å². The highest BCUT2D eigenvalue weighted by Crippen LogP contribution is 2.21. The molecule has 192 valence electrons. The minimum absolute atomic E-state index is 0.0117. The number of para-hydroxylation sites is 1. The van der Waals surface area contributed by atoms with Gasteiger partial charge in [-0.15, -0.1) is 0 Å². The Kier molecular flexibility index (Phi) is 8.43. The van der Waals surface area contributed by atoms with Gasteiger partial charge in [0.05, 0.1) is 17.6 Å². The van der Waals surface area contributed by atoms with E-state index < -0.39 is 5.97 Å². The highest BCUT2D eigenvalue weighted by Gasteiger charge is 2.10. The second-order valence-electron chi connectivity index (χ2n) is 8.37. The first kappa shape index (κ1) is 26.9. The molecular weight excluding hydrogens is 525 g/mol. The lowest BCUT2D eigenvalue weighted by Gasteiger charge is -2.13. The van der Waals surface area contributed by atoms with Gasteiger partial charge >= 0.3 is 5.97 Å². The van der Waals surface area contributed by atoms with Crippen molar-refractivity contribution in [2.75, 3.05) is 0 Å². The Morgan fingerprint density at radius 3 is 2.26 bits per heavy atom. The minimum atomic E-state index is -1.11. The molecule has 0 saturated carbocycles. The maximum absolute atomic E-state index is 12.3. The van der Waals surface area contributed by atoms with Gasteiger partial charge in [-0.2, -0.15) is 0 Å². The average molecular weight is 548 g/mol. The van der Waals surface area contributed by atoms with Crippen LogP contribution < -0.4 is 16.7 Å². The van der Waals surface area contributed by atoms with E-state index >= 15 is 0 Å². The van der Waals surface area contributed by atoms with Gasteiger partial charge in [-0.25, -0.2) is 4.79 Å². The number of carboxylic acids is 1. The lowest BCUT2D eigenvalue weighted by molar-refractivity contribution is 0.0696. The summed E-state index contributed by atoms with van der Waals surface area (Å²) in [6, 6.07) is 24.7. The van der Waals surface area contributed by atoms with E-state index in [4.69, 9.17) is 34.0 Å². The third kappa shape index (κ3) is 6.20. The smallest absolute Gasteiger partial charge is 0.335 e. The molecule has 3 aromatic carbocycles. The minimum Gasteiger partial charge on any atom is -0.478 e. The van der Waals surface area contributed by atoms with Crippen LogP contribution in [0.3, 0.4) is 0 Å². The zero-order valence-electron chi connectivity index (χ0n) is 20.1. The van der Waals surface area contributed by atoms with Crippen molar-refractivity contribution < 1.29 is 9.90 Å². The topological polar surface area (TPSA) is 107 Å². The van der Waals surface area contributed by atoms with Crippen LogP contribution in [0.15, 0.2) is 107 Å². The molecule has 9 heteroatoms. The Balaban J connectivity index is 0.000000178. The molecule has 38 heavy (non-hydrogen) atoms. The lowest BCUT2D eigenvalue weighted by Crippen LogP contribution is -2.20. The summed E-state index contributed by atoms with van der Waals surface area (Å²) in [5, 5.41) is 10.6. The molecule has 0 aliphatic heterocycles. The molecule has 0 atom stereocenters. The second kappa shape index (κ2) is 11.9. The van der Waals surface area contributed by atoms with Crippen LogP contribution >= 0.6 is 23.2 Å². The molecule has 0 spiro atoms. The molecule has 0 unspecified atom stereocenters. The fourth-order valence-corrected chi connectivity index (χ4v) is 4.28. The number of aromatic nitrogens is 2. The molecule has 5 aromatic rings. The largest absolute Gasteiger partial charge is 0.478 e. The summed E-state index contributed by atoms with van der Waals surface area (Å²) in [6.45, 7) is 0.573. The molecule has 5 rings (SSSR count). The Morgan fingerprint density at radius 2 is 1.61 bits per heavy atom. The average Bonchev–Trinajstić information content (AvgIpc) is 2.91. The molecule has 0 aliphatic rings. The maximum Gasteiger partial charge on any atom is 0.335 e. The number of fused-ring (bicyclic) bond motifs is 1. The van der Waals surface area contributed by atoms with Crippen LogP contribution in [-0.4, -0.2) is 20.2 Å². The first-order chi connectivity index (χ1) is 18.3. The summed E-state index contributed by atoms with van der Waals surface area (Å²) in [5.74, 6) is -1.11. The SMILES string of the molecule is NCc1cn(-c2ccccc2)c2cc(Cl)ccc2c1=O.O=C(O)c1ccn(Cc2cccc(Cl)c2)c(=O)c1. The van der Waals surface area contributed by atoms with Crippen LogP contribution in [0.2, 0.25) is 10.0 Å². The van der Waals surface area contributed by atoms with Gasteiger partial charge in [0.25, 0.3) is 5.56 Å². The van der Waals surface area contributed by atoms with E-state index in [2.05, 4.69) is 0 Å². The van der Waals surface area contributed by atoms with E-state index in [1.807, 2.05) is 41.0 Å². The van der Waals surface area contributed by atoms with Crippen LogP contribution in [0.1, 0.15) is 21.5 Å². The highest BCUT2D eigenvalue weighted by molar-refractivity contribution is 6.31. The lowest BCUT2D eigenvalue weighted by atomic mass is 10.1. The van der Waals surface area contributed by atoms with E-state index in [0.29, 0.717) is 27.5 Å². The van der Waals surface area contributed by atoms with Crippen molar-refractivity contribution in [3.63, 3.8) is 0 Å². The van der Waals surface area contributed by atoms with Crippen LogP contribution in [-0.2, 0) is 13.1 Å². The van der Waals surface area contributed by atoms with Gasteiger partial charge < -0.3 is 20.0 Å². The van der Waals surface area contributed by atoms with Crippen LogP contribution in [0.4, 0.5) is 0 Å². The van der Waals surface area contributed by atoms with Gasteiger partial charge in [0, 0.05) is 51.7 Å². The van der Waals surface area contributed by atoms with Crippen molar-refractivity contribution in [2.45, 2.75) is 13.1 Å². The van der Waals surface area contributed by atoms with Crippen molar-refractivity contribution in [3.05, 3.63) is 145 Å². The van der Waals surface area contributed by atoms with Crippen molar-refractivity contribution in [2.24, 2.45) is 5.73 Å². The Morgan fingerprint density at radius 1 is 0.868 bits per heavy atom. The summed E-state index contributed by atoms with van der Waals surface area (Å²) in [6.07, 6.45) is 3.25. The van der Waals surface area contributed by atoms with Crippen LogP contribution in [0, 0.1) is 0 Å². The van der Waals surface area contributed by atoms with E-state index in [-0.39, 0.29) is 23.1 Å². The van der Waals surface area contributed by atoms with Crippen LogP contribution in [0.25, 0.3) is 16.6 Å². The van der Waals surface area contributed by atoms with Gasteiger partial charge in [-0.05, 0) is 54.1 Å². The molecule has 0 amide bonds. The number of benzene rings is 3. The fraction of sp³-hybridized carbons (Fsp3) is 0.0690. The number of aromatic carboxylic acids is 1. The molecule has 0 radical (unpaired) electrons. The zero-order valence-corrected chi connectivity index (χ0v) is 21.6. The van der Waals surface area contributed by atoms with Crippen LogP contribution in [0.5, 0.6) is 0 Å². The predicted molar refractivity (Wildman–Crippen MR) is 151 cm³/mol. The molecule has 0 fully saturated rings. The van der Waals surface area contributed by atoms with Crippen molar-refractivity contribution in [1.29, 1.82) is 0 Å². The normalized spacial score (nSPS) is 10.6.